The summed E-state index contributed by atoms with van der Waals surface area (Å²) in [6.07, 6.45) is 2.12. The van der Waals surface area contributed by atoms with Crippen molar-refractivity contribution in [3.8, 4) is 22.8 Å². The highest BCUT2D eigenvalue weighted by molar-refractivity contribution is 5.85. The van der Waals surface area contributed by atoms with Crippen LogP contribution < -0.4 is 5.56 Å². The highest BCUT2D eigenvalue weighted by Gasteiger charge is 2.18. The first-order valence-electron chi connectivity index (χ1n) is 8.63. The Hall–Kier alpha value is -3.01. The fourth-order valence-corrected chi connectivity index (χ4v) is 3.15. The number of hydrogen-bond donors (Lipinski definition) is 0. The number of aryl methyl sites for hydroxylation is 1. The van der Waals surface area contributed by atoms with E-state index in [4.69, 9.17) is 4.98 Å². The number of nitrogens with zero attached hydrogens (tertiary/aromatic N) is 3. The number of para-hydroxylation sites is 1. The molecular formula is C21H19N3O. The third-order valence-corrected chi connectivity index (χ3v) is 4.44. The second-order valence-corrected chi connectivity index (χ2v) is 6.16. The van der Waals surface area contributed by atoms with Crippen LogP contribution in [0.3, 0.4) is 0 Å². The molecule has 0 unspecified atom stereocenters. The smallest absolute Gasteiger partial charge is 0.282 e. The standard InChI is InChI=1S/C21H19N3O/c1-2-3-13-24-18-12-8-7-11-16(18)14-17-20(24)22-19(23-21(17)25)15-9-5-4-6-10-15/h4-12,14H,2-3,13H2,1H3. The lowest BCUT2D eigenvalue weighted by molar-refractivity contribution is 0.643. The number of fused-ring (bicyclic) bond motifs is 2. The van der Waals surface area contributed by atoms with Gasteiger partial charge in [-0.05, 0) is 23.9 Å². The summed E-state index contributed by atoms with van der Waals surface area (Å²) < 4.78 is 2.16. The molecule has 0 bridgehead atoms. The Morgan fingerprint density at radius 1 is 0.960 bits per heavy atom. The van der Waals surface area contributed by atoms with Crippen LogP contribution in [0.1, 0.15) is 19.8 Å². The van der Waals surface area contributed by atoms with Gasteiger partial charge in [-0.15, -0.1) is 0 Å². The molecule has 2 aliphatic heterocycles. The average molecular weight is 329 g/mol. The Labute approximate surface area is 146 Å². The summed E-state index contributed by atoms with van der Waals surface area (Å²) in [7, 11) is 0. The van der Waals surface area contributed by atoms with Gasteiger partial charge in [0.25, 0.3) is 5.56 Å². The van der Waals surface area contributed by atoms with Gasteiger partial charge in [-0.1, -0.05) is 61.9 Å². The van der Waals surface area contributed by atoms with Gasteiger partial charge < -0.3 is 4.57 Å². The monoisotopic (exact) mass is 329 g/mol. The Kier molecular flexibility index (Phi) is 4.02. The molecule has 0 radical (unpaired) electrons. The molecule has 0 aliphatic carbocycles. The molecule has 124 valence electrons. The molecule has 0 aromatic heterocycles. The number of unbranched alkanes of at least 4 members (excludes halogenated alkanes) is 1. The molecule has 0 saturated heterocycles. The van der Waals surface area contributed by atoms with E-state index in [1.165, 1.54) is 0 Å². The predicted octanol–water partition coefficient (Wildman–Crippen LogP) is 4.36. The second kappa shape index (κ2) is 6.48. The molecule has 4 nitrogen and oxygen atoms in total. The lowest BCUT2D eigenvalue weighted by Crippen LogP contribution is -2.19. The number of aromatic nitrogens is 3. The van der Waals surface area contributed by atoms with Gasteiger partial charge in [0.2, 0.25) is 0 Å². The van der Waals surface area contributed by atoms with E-state index in [0.717, 1.165) is 35.9 Å². The fourth-order valence-electron chi connectivity index (χ4n) is 3.15. The zero-order valence-corrected chi connectivity index (χ0v) is 14.1. The normalized spacial score (nSPS) is 11.2. The minimum atomic E-state index is -0.222. The molecule has 0 saturated carbocycles. The fraction of sp³-hybridized carbons (Fsp3) is 0.190. The molecule has 2 aromatic carbocycles. The average Bonchev–Trinajstić information content (AvgIpc) is 2.66. The first-order valence-corrected chi connectivity index (χ1v) is 8.63. The highest BCUT2D eigenvalue weighted by atomic mass is 16.1. The van der Waals surface area contributed by atoms with Gasteiger partial charge in [-0.3, -0.25) is 4.79 Å². The Bertz CT molecular complexity index is 1050. The van der Waals surface area contributed by atoms with Crippen LogP contribution >= 0.6 is 0 Å². The zero-order valence-electron chi connectivity index (χ0n) is 14.1. The third-order valence-electron chi connectivity index (χ3n) is 4.44. The molecule has 4 rings (SSSR count). The van der Waals surface area contributed by atoms with Crippen LogP contribution in [0.15, 0.2) is 65.5 Å². The topological polar surface area (TPSA) is 47.8 Å². The van der Waals surface area contributed by atoms with Crippen molar-refractivity contribution in [2.45, 2.75) is 26.3 Å². The van der Waals surface area contributed by atoms with E-state index in [1.807, 2.05) is 54.6 Å². The minimum Gasteiger partial charge on any atom is -0.325 e. The molecule has 0 atom stereocenters. The number of pyridine rings is 1. The zero-order chi connectivity index (χ0) is 17.2. The van der Waals surface area contributed by atoms with Crippen molar-refractivity contribution >= 4 is 10.9 Å². The largest absolute Gasteiger partial charge is 0.325 e. The molecule has 0 N–H and O–H groups in total. The maximum Gasteiger partial charge on any atom is 0.282 e. The van der Waals surface area contributed by atoms with E-state index in [0.29, 0.717) is 17.2 Å². The van der Waals surface area contributed by atoms with Crippen molar-refractivity contribution in [1.82, 2.24) is 14.5 Å². The van der Waals surface area contributed by atoms with Crippen molar-refractivity contribution < 1.29 is 0 Å². The lowest BCUT2D eigenvalue weighted by atomic mass is 10.1. The van der Waals surface area contributed by atoms with Crippen molar-refractivity contribution in [2.24, 2.45) is 0 Å². The van der Waals surface area contributed by atoms with Crippen LogP contribution in [-0.2, 0) is 6.54 Å². The summed E-state index contributed by atoms with van der Waals surface area (Å²) in [4.78, 5) is 21.7. The SMILES string of the molecule is CCCCn1c2nc(-c3ccccc3)nc(=O)c-2cc2ccccc21. The minimum absolute atomic E-state index is 0.222. The lowest BCUT2D eigenvalue weighted by Gasteiger charge is -2.18. The Morgan fingerprint density at radius 3 is 2.52 bits per heavy atom. The van der Waals surface area contributed by atoms with Crippen molar-refractivity contribution in [3.05, 3.63) is 71.0 Å². The van der Waals surface area contributed by atoms with Gasteiger partial charge in [-0.25, -0.2) is 4.98 Å². The summed E-state index contributed by atoms with van der Waals surface area (Å²) >= 11 is 0. The molecule has 25 heavy (non-hydrogen) atoms. The number of hydrogen-bond acceptors (Lipinski definition) is 3. The second-order valence-electron chi connectivity index (χ2n) is 6.16. The van der Waals surface area contributed by atoms with Gasteiger partial charge in [0.15, 0.2) is 5.82 Å². The molecule has 0 spiro atoms. The molecule has 4 heteroatoms. The molecule has 0 amide bonds. The van der Waals surface area contributed by atoms with Crippen LogP contribution in [-0.4, -0.2) is 14.5 Å². The summed E-state index contributed by atoms with van der Waals surface area (Å²) in [5.74, 6) is 1.20. The van der Waals surface area contributed by atoms with Crippen molar-refractivity contribution in [1.29, 1.82) is 0 Å². The van der Waals surface area contributed by atoms with Crippen LogP contribution in [0.5, 0.6) is 0 Å². The van der Waals surface area contributed by atoms with Gasteiger partial charge in [0.05, 0.1) is 5.56 Å². The molecule has 2 aromatic rings. The van der Waals surface area contributed by atoms with Crippen LogP contribution in [0, 0.1) is 0 Å². The summed E-state index contributed by atoms with van der Waals surface area (Å²) in [5, 5.41) is 1.04. The first-order chi connectivity index (χ1) is 12.3. The Balaban J connectivity index is 2.04. The predicted molar refractivity (Wildman–Crippen MR) is 101 cm³/mol. The van der Waals surface area contributed by atoms with E-state index in [1.54, 1.807) is 0 Å². The van der Waals surface area contributed by atoms with Crippen LogP contribution in [0.2, 0.25) is 0 Å². The van der Waals surface area contributed by atoms with Gasteiger partial charge in [-0.2, -0.15) is 4.98 Å². The van der Waals surface area contributed by atoms with Crippen LogP contribution in [0.25, 0.3) is 33.7 Å². The quantitative estimate of drug-likeness (QED) is 0.523. The van der Waals surface area contributed by atoms with Crippen molar-refractivity contribution in [2.75, 3.05) is 0 Å². The van der Waals surface area contributed by atoms with E-state index < -0.39 is 0 Å². The molecule has 2 heterocycles. The maximum absolute atomic E-state index is 12.7. The van der Waals surface area contributed by atoms with E-state index >= 15 is 0 Å². The van der Waals surface area contributed by atoms with Gasteiger partial charge >= 0.3 is 0 Å². The van der Waals surface area contributed by atoms with Gasteiger partial charge in [0.1, 0.15) is 5.82 Å². The van der Waals surface area contributed by atoms with Crippen molar-refractivity contribution in [3.63, 3.8) is 0 Å². The summed E-state index contributed by atoms with van der Waals surface area (Å²) in [6.45, 7) is 3.00. The Morgan fingerprint density at radius 2 is 1.72 bits per heavy atom. The number of benzene rings is 2. The van der Waals surface area contributed by atoms with E-state index in [2.05, 4.69) is 22.5 Å². The summed E-state index contributed by atoms with van der Waals surface area (Å²) in [6, 6.07) is 19.7. The van der Waals surface area contributed by atoms with E-state index in [9.17, 15) is 4.79 Å². The van der Waals surface area contributed by atoms with E-state index in [-0.39, 0.29) is 5.56 Å². The molecule has 0 fully saturated rings. The first kappa shape index (κ1) is 15.5. The molecule has 2 aliphatic rings. The molecular weight excluding hydrogens is 310 g/mol. The van der Waals surface area contributed by atoms with Crippen LogP contribution in [0.4, 0.5) is 0 Å². The van der Waals surface area contributed by atoms with Gasteiger partial charge in [0, 0.05) is 17.6 Å². The third kappa shape index (κ3) is 2.80. The highest BCUT2D eigenvalue weighted by Crippen LogP contribution is 2.26. The maximum atomic E-state index is 12.7. The number of rotatable bonds is 4. The summed E-state index contributed by atoms with van der Waals surface area (Å²) in [5.41, 5.74) is 2.31.